The molecule has 112 valence electrons. The fraction of sp³-hybridized carbons (Fsp3) is 0.278. The summed E-state index contributed by atoms with van der Waals surface area (Å²) in [5.74, 6) is 0. The van der Waals surface area contributed by atoms with E-state index >= 15 is 0 Å². The van der Waals surface area contributed by atoms with Crippen molar-refractivity contribution in [1.82, 2.24) is 0 Å². The van der Waals surface area contributed by atoms with Crippen LogP contribution in [0.25, 0.3) is 0 Å². The maximum absolute atomic E-state index is 12.6. The number of urea groups is 1. The molecule has 4 nitrogen and oxygen atoms in total. The highest BCUT2D eigenvalue weighted by atomic mass is 16.2. The van der Waals surface area contributed by atoms with Gasteiger partial charge in [-0.3, -0.25) is 4.90 Å². The van der Waals surface area contributed by atoms with Crippen molar-refractivity contribution in [2.45, 2.75) is 18.9 Å². The van der Waals surface area contributed by atoms with Crippen LogP contribution in [0.3, 0.4) is 0 Å². The second kappa shape index (κ2) is 5.37. The third-order valence-corrected chi connectivity index (χ3v) is 4.30. The molecule has 22 heavy (non-hydrogen) atoms. The molecule has 1 aliphatic heterocycles. The van der Waals surface area contributed by atoms with Crippen LogP contribution in [0.4, 0.5) is 21.9 Å². The first-order valence-electron chi connectivity index (χ1n) is 7.82. The lowest BCUT2D eigenvalue weighted by Crippen LogP contribution is -2.46. The van der Waals surface area contributed by atoms with Crippen LogP contribution >= 0.6 is 0 Å². The molecule has 2 amide bonds. The van der Waals surface area contributed by atoms with Crippen LogP contribution in [0.1, 0.15) is 12.8 Å². The Morgan fingerprint density at radius 1 is 0.909 bits per heavy atom. The lowest BCUT2D eigenvalue weighted by atomic mass is 10.1. The summed E-state index contributed by atoms with van der Waals surface area (Å²) in [7, 11) is 0. The summed E-state index contributed by atoms with van der Waals surface area (Å²) in [5.41, 5.74) is 3.02. The predicted octanol–water partition coefficient (Wildman–Crippen LogP) is 3.71. The minimum Gasteiger partial charge on any atom is -0.365 e. The van der Waals surface area contributed by atoms with E-state index in [1.807, 2.05) is 53.4 Å². The quantitative estimate of drug-likeness (QED) is 0.916. The van der Waals surface area contributed by atoms with Crippen molar-refractivity contribution in [1.29, 1.82) is 0 Å². The van der Waals surface area contributed by atoms with E-state index in [2.05, 4.69) is 16.3 Å². The van der Waals surface area contributed by atoms with Gasteiger partial charge in [-0.2, -0.15) is 0 Å². The van der Waals surface area contributed by atoms with E-state index in [1.165, 1.54) is 18.5 Å². The number of rotatable bonds is 2. The summed E-state index contributed by atoms with van der Waals surface area (Å²) >= 11 is 0. The molecule has 0 radical (unpaired) electrons. The largest absolute Gasteiger partial charge is 0.365 e. The number of hydrogen-bond acceptors (Lipinski definition) is 2. The van der Waals surface area contributed by atoms with E-state index in [9.17, 15) is 4.79 Å². The summed E-state index contributed by atoms with van der Waals surface area (Å²) in [4.78, 5) is 16.9. The summed E-state index contributed by atoms with van der Waals surface area (Å²) in [6, 6.07) is 18.4. The zero-order chi connectivity index (χ0) is 14.9. The van der Waals surface area contributed by atoms with Gasteiger partial charge in [-0.1, -0.05) is 30.3 Å². The normalized spacial score (nSPS) is 17.1. The monoisotopic (exact) mass is 293 g/mol. The molecule has 1 fully saturated rings. The van der Waals surface area contributed by atoms with Gasteiger partial charge in [0.05, 0.1) is 11.4 Å². The molecule has 2 aliphatic rings. The Kier molecular flexibility index (Phi) is 3.22. The molecule has 2 aromatic carbocycles. The zero-order valence-electron chi connectivity index (χ0n) is 12.4. The first-order valence-corrected chi connectivity index (χ1v) is 7.82. The SMILES string of the molecule is O=C(Nc1ccccc1)N1CCN(C2CC2)c2ccccc21. The lowest BCUT2D eigenvalue weighted by Gasteiger charge is -2.37. The Morgan fingerprint density at radius 3 is 2.32 bits per heavy atom. The van der Waals surface area contributed by atoms with Crippen LogP contribution in [0.15, 0.2) is 54.6 Å². The van der Waals surface area contributed by atoms with Crippen molar-refractivity contribution < 1.29 is 4.79 Å². The number of fused-ring (bicyclic) bond motifs is 1. The number of carbonyl (C=O) groups excluding carboxylic acids is 1. The van der Waals surface area contributed by atoms with E-state index in [0.717, 1.165) is 24.5 Å². The van der Waals surface area contributed by atoms with Crippen LogP contribution in [0, 0.1) is 0 Å². The minimum absolute atomic E-state index is 0.0610. The molecular formula is C18H19N3O. The molecule has 0 bridgehead atoms. The van der Waals surface area contributed by atoms with Crippen molar-refractivity contribution in [3.8, 4) is 0 Å². The highest BCUT2D eigenvalue weighted by Gasteiger charge is 2.35. The van der Waals surface area contributed by atoms with E-state index in [-0.39, 0.29) is 6.03 Å². The van der Waals surface area contributed by atoms with Crippen LogP contribution in [0.2, 0.25) is 0 Å². The molecule has 0 atom stereocenters. The third-order valence-electron chi connectivity index (χ3n) is 4.30. The Labute approximate surface area is 130 Å². The Balaban J connectivity index is 1.59. The summed E-state index contributed by atoms with van der Waals surface area (Å²) < 4.78 is 0. The highest BCUT2D eigenvalue weighted by Crippen LogP contribution is 2.39. The van der Waals surface area contributed by atoms with Gasteiger partial charge < -0.3 is 10.2 Å². The van der Waals surface area contributed by atoms with Gasteiger partial charge in [-0.15, -0.1) is 0 Å². The van der Waals surface area contributed by atoms with E-state index in [1.54, 1.807) is 0 Å². The summed E-state index contributed by atoms with van der Waals surface area (Å²) in [6.45, 7) is 1.63. The van der Waals surface area contributed by atoms with Gasteiger partial charge in [0.1, 0.15) is 0 Å². The topological polar surface area (TPSA) is 35.6 Å². The van der Waals surface area contributed by atoms with Crippen LogP contribution in [0.5, 0.6) is 0 Å². The van der Waals surface area contributed by atoms with Crippen LogP contribution in [-0.4, -0.2) is 25.2 Å². The number of anilines is 3. The van der Waals surface area contributed by atoms with Gasteiger partial charge in [0.2, 0.25) is 0 Å². The van der Waals surface area contributed by atoms with Crippen molar-refractivity contribution in [2.24, 2.45) is 0 Å². The molecule has 0 unspecified atom stereocenters. The highest BCUT2D eigenvalue weighted by molar-refractivity contribution is 6.04. The number of nitrogens with one attached hydrogen (secondary N) is 1. The molecule has 1 aliphatic carbocycles. The first-order chi connectivity index (χ1) is 10.8. The molecule has 1 heterocycles. The van der Waals surface area contributed by atoms with Gasteiger partial charge in [-0.05, 0) is 37.1 Å². The minimum atomic E-state index is -0.0610. The second-order valence-electron chi connectivity index (χ2n) is 5.86. The van der Waals surface area contributed by atoms with Gasteiger partial charge in [0.25, 0.3) is 0 Å². The molecule has 4 heteroatoms. The van der Waals surface area contributed by atoms with E-state index < -0.39 is 0 Å². The molecule has 0 aromatic heterocycles. The second-order valence-corrected chi connectivity index (χ2v) is 5.86. The van der Waals surface area contributed by atoms with Crippen LogP contribution in [-0.2, 0) is 0 Å². The van der Waals surface area contributed by atoms with Gasteiger partial charge in [0, 0.05) is 24.8 Å². The average molecular weight is 293 g/mol. The van der Waals surface area contributed by atoms with Crippen molar-refractivity contribution >= 4 is 23.1 Å². The standard InChI is InChI=1S/C18H19N3O/c22-18(19-14-6-2-1-3-7-14)21-13-12-20(15-10-11-15)16-8-4-5-9-17(16)21/h1-9,15H,10-13H2,(H,19,22). The van der Waals surface area contributed by atoms with Crippen molar-refractivity contribution in [3.63, 3.8) is 0 Å². The molecule has 0 spiro atoms. The number of carbonyl (C=O) groups is 1. The Hall–Kier alpha value is -2.49. The smallest absolute Gasteiger partial charge is 0.326 e. The fourth-order valence-electron chi connectivity index (χ4n) is 3.07. The van der Waals surface area contributed by atoms with Gasteiger partial charge in [0.15, 0.2) is 0 Å². The predicted molar refractivity (Wildman–Crippen MR) is 89.6 cm³/mol. The molecular weight excluding hydrogens is 274 g/mol. The maximum atomic E-state index is 12.6. The fourth-order valence-corrected chi connectivity index (χ4v) is 3.07. The average Bonchev–Trinajstić information content (AvgIpc) is 3.39. The molecule has 2 aromatic rings. The number of para-hydroxylation sites is 3. The number of nitrogens with zero attached hydrogens (tertiary/aromatic N) is 2. The van der Waals surface area contributed by atoms with E-state index in [0.29, 0.717) is 6.04 Å². The van der Waals surface area contributed by atoms with Crippen molar-refractivity contribution in [2.75, 3.05) is 28.2 Å². The summed E-state index contributed by atoms with van der Waals surface area (Å²) in [6.07, 6.45) is 2.54. The number of hydrogen-bond donors (Lipinski definition) is 1. The third kappa shape index (κ3) is 2.41. The lowest BCUT2D eigenvalue weighted by molar-refractivity contribution is 0.256. The van der Waals surface area contributed by atoms with Gasteiger partial charge >= 0.3 is 6.03 Å². The molecule has 0 saturated heterocycles. The number of amides is 2. The summed E-state index contributed by atoms with van der Waals surface area (Å²) in [5, 5.41) is 2.98. The van der Waals surface area contributed by atoms with Crippen molar-refractivity contribution in [3.05, 3.63) is 54.6 Å². The van der Waals surface area contributed by atoms with Gasteiger partial charge in [-0.25, -0.2) is 4.79 Å². The Morgan fingerprint density at radius 2 is 1.59 bits per heavy atom. The molecule has 1 saturated carbocycles. The molecule has 4 rings (SSSR count). The maximum Gasteiger partial charge on any atom is 0.326 e. The Bertz CT molecular complexity index is 682. The first kappa shape index (κ1) is 13.2. The van der Waals surface area contributed by atoms with E-state index in [4.69, 9.17) is 0 Å². The zero-order valence-corrected chi connectivity index (χ0v) is 12.4. The molecule has 1 N–H and O–H groups in total. The number of benzene rings is 2. The van der Waals surface area contributed by atoms with Crippen LogP contribution < -0.4 is 15.1 Å².